The number of esters is 1. The predicted octanol–water partition coefficient (Wildman–Crippen LogP) is 2.94. The van der Waals surface area contributed by atoms with Gasteiger partial charge in [-0.25, -0.2) is 4.98 Å². The zero-order valence-corrected chi connectivity index (χ0v) is 23.8. The molecule has 13 heteroatoms. The maximum Gasteiger partial charge on any atom is 0.303 e. The summed E-state index contributed by atoms with van der Waals surface area (Å²) >= 11 is 0. The molecule has 0 amide bonds. The molecule has 2 aromatic carbocycles. The van der Waals surface area contributed by atoms with E-state index < -0.39 is 73.3 Å². The fourth-order valence-corrected chi connectivity index (χ4v) is 5.60. The Morgan fingerprint density at radius 1 is 0.884 bits per heavy atom. The average Bonchev–Trinajstić information content (AvgIpc) is 2.91. The minimum absolute atomic E-state index is 0.219. The molecule has 0 saturated carbocycles. The van der Waals surface area contributed by atoms with Gasteiger partial charge in [-0.2, -0.15) is 0 Å². The molecule has 1 fully saturated rings. The fourth-order valence-electron chi connectivity index (χ4n) is 5.60. The molecule has 1 aliphatic heterocycles. The molecule has 3 aromatic rings. The highest BCUT2D eigenvalue weighted by atomic mass is 16.7. The largest absolute Gasteiger partial charge is 0.481 e. The molecule has 13 nitrogen and oxygen atoms in total. The summed E-state index contributed by atoms with van der Waals surface area (Å²) in [4.78, 5) is 64.6. The number of hydrogen-bond donors (Lipinski definition) is 3. The minimum atomic E-state index is -1.31. The van der Waals surface area contributed by atoms with Crippen molar-refractivity contribution >= 4 is 34.8 Å². The zero-order valence-electron chi connectivity index (χ0n) is 23.8. The Balaban J connectivity index is 1.68. The normalized spacial score (nSPS) is 21.7. The van der Waals surface area contributed by atoms with Gasteiger partial charge >= 0.3 is 23.9 Å². The Morgan fingerprint density at radius 3 is 2.09 bits per heavy atom. The predicted molar refractivity (Wildman–Crippen MR) is 150 cm³/mol. The number of ether oxygens (including phenoxy) is 3. The summed E-state index contributed by atoms with van der Waals surface area (Å²) in [6.45, 7) is 4.40. The number of benzene rings is 2. The van der Waals surface area contributed by atoms with Gasteiger partial charge in [0.15, 0.2) is 0 Å². The maximum absolute atomic E-state index is 13.3. The smallest absolute Gasteiger partial charge is 0.303 e. The number of rotatable bonds is 11. The molecule has 0 radical (unpaired) electrons. The van der Waals surface area contributed by atoms with Crippen molar-refractivity contribution in [3.05, 3.63) is 64.2 Å². The maximum atomic E-state index is 13.3. The monoisotopic (exact) mass is 596 g/mol. The second kappa shape index (κ2) is 13.0. The Bertz CT molecular complexity index is 1600. The molecular weight excluding hydrogens is 564 g/mol. The van der Waals surface area contributed by atoms with E-state index in [1.165, 1.54) is 4.57 Å². The number of nitrogens with zero attached hydrogens (tertiary/aromatic N) is 2. The van der Waals surface area contributed by atoms with Crippen LogP contribution in [0.25, 0.3) is 16.6 Å². The van der Waals surface area contributed by atoms with Gasteiger partial charge in [0.1, 0.15) is 18.2 Å². The van der Waals surface area contributed by atoms with E-state index in [1.54, 1.807) is 37.3 Å². The van der Waals surface area contributed by atoms with Crippen molar-refractivity contribution in [3.63, 3.8) is 0 Å². The Kier molecular flexibility index (Phi) is 9.44. The SMILES string of the molecule is CC(=O)OC[C@H]1O[C@@H](Oc2ccc(-n3c(C)nc4cc(C)ccc4c3=O)cc2)[C@@H](CC(=O)O)[C@H](CC(=O)O)[C@@H]1CC(=O)O. The first kappa shape index (κ1) is 31.2. The van der Waals surface area contributed by atoms with Crippen LogP contribution in [0.2, 0.25) is 0 Å². The third-order valence-corrected chi connectivity index (χ3v) is 7.46. The first-order valence-corrected chi connectivity index (χ1v) is 13.5. The van der Waals surface area contributed by atoms with Crippen molar-refractivity contribution in [2.75, 3.05) is 6.61 Å². The van der Waals surface area contributed by atoms with Crippen LogP contribution in [0, 0.1) is 31.6 Å². The van der Waals surface area contributed by atoms with Gasteiger partial charge in [0.2, 0.25) is 6.29 Å². The second-order valence-electron chi connectivity index (χ2n) is 10.6. The molecule has 0 unspecified atom stereocenters. The summed E-state index contributed by atoms with van der Waals surface area (Å²) in [6, 6.07) is 11.7. The van der Waals surface area contributed by atoms with E-state index in [2.05, 4.69) is 4.98 Å². The number of carbonyl (C=O) groups excluding carboxylic acids is 1. The van der Waals surface area contributed by atoms with E-state index >= 15 is 0 Å². The van der Waals surface area contributed by atoms with Crippen LogP contribution in [0.1, 0.15) is 37.6 Å². The first-order valence-electron chi connectivity index (χ1n) is 13.5. The molecule has 1 aliphatic rings. The average molecular weight is 597 g/mol. The third-order valence-electron chi connectivity index (χ3n) is 7.46. The number of fused-ring (bicyclic) bond motifs is 1. The van der Waals surface area contributed by atoms with Gasteiger partial charge in [-0.15, -0.1) is 0 Å². The highest BCUT2D eigenvalue weighted by molar-refractivity contribution is 5.78. The number of carboxylic acids is 3. The highest BCUT2D eigenvalue weighted by Crippen LogP contribution is 2.42. The van der Waals surface area contributed by atoms with Gasteiger partial charge < -0.3 is 29.5 Å². The molecule has 0 bridgehead atoms. The standard InChI is InChI=1S/C30H32N2O11/c1-15-4-9-20-24(10-15)31-16(2)32(29(20)40)18-5-7-19(8-6-18)42-30-23(13-28(38)39)21(11-26(34)35)22(12-27(36)37)25(43-30)14-41-17(3)33/h4-10,21-23,25,30H,11-14H2,1-3H3,(H,34,35)(H,36,37)(H,38,39)/t21-,22+,23+,25-,30-/m1/s1. The van der Waals surface area contributed by atoms with Crippen molar-refractivity contribution in [3.8, 4) is 11.4 Å². The van der Waals surface area contributed by atoms with E-state index in [9.17, 15) is 39.3 Å². The van der Waals surface area contributed by atoms with Crippen molar-refractivity contribution in [2.45, 2.75) is 52.4 Å². The van der Waals surface area contributed by atoms with Crippen LogP contribution in [-0.2, 0) is 28.7 Å². The van der Waals surface area contributed by atoms with Gasteiger partial charge in [-0.1, -0.05) is 6.07 Å². The molecule has 1 aromatic heterocycles. The van der Waals surface area contributed by atoms with Crippen LogP contribution >= 0.6 is 0 Å². The van der Waals surface area contributed by atoms with Gasteiger partial charge in [0.05, 0.1) is 35.5 Å². The summed E-state index contributed by atoms with van der Waals surface area (Å²) < 4.78 is 18.6. The Labute approximate surface area is 245 Å². The number of aromatic nitrogens is 2. The minimum Gasteiger partial charge on any atom is -0.481 e. The van der Waals surface area contributed by atoms with Crippen LogP contribution in [0.15, 0.2) is 47.3 Å². The first-order chi connectivity index (χ1) is 20.3. The number of aryl methyl sites for hydroxylation is 2. The summed E-state index contributed by atoms with van der Waals surface area (Å²) in [6.07, 6.45) is -4.03. The van der Waals surface area contributed by atoms with Gasteiger partial charge in [0, 0.05) is 25.2 Å². The fraction of sp³-hybridized carbons (Fsp3) is 0.400. The van der Waals surface area contributed by atoms with E-state index in [4.69, 9.17) is 14.2 Å². The Morgan fingerprint density at radius 2 is 1.49 bits per heavy atom. The van der Waals surface area contributed by atoms with Crippen molar-refractivity contribution in [1.29, 1.82) is 0 Å². The molecule has 3 N–H and O–H groups in total. The molecule has 4 rings (SSSR count). The van der Waals surface area contributed by atoms with Crippen LogP contribution in [0.4, 0.5) is 0 Å². The second-order valence-corrected chi connectivity index (χ2v) is 10.6. The number of aliphatic carboxylic acids is 3. The van der Waals surface area contributed by atoms with Crippen LogP contribution in [0.3, 0.4) is 0 Å². The van der Waals surface area contributed by atoms with Crippen LogP contribution in [-0.4, -0.2) is 67.7 Å². The van der Waals surface area contributed by atoms with Gasteiger partial charge in [-0.3, -0.25) is 28.5 Å². The molecule has 1 saturated heterocycles. The summed E-state index contributed by atoms with van der Waals surface area (Å²) in [5, 5.41) is 29.2. The van der Waals surface area contributed by atoms with Crippen molar-refractivity contribution < 1.29 is 48.7 Å². The van der Waals surface area contributed by atoms with E-state index in [0.29, 0.717) is 22.4 Å². The van der Waals surface area contributed by atoms with Crippen molar-refractivity contribution in [1.82, 2.24) is 9.55 Å². The number of carbonyl (C=O) groups is 4. The lowest BCUT2D eigenvalue weighted by atomic mass is 9.71. The lowest BCUT2D eigenvalue weighted by Crippen LogP contribution is -2.53. The third kappa shape index (κ3) is 7.36. The lowest BCUT2D eigenvalue weighted by molar-refractivity contribution is -0.237. The van der Waals surface area contributed by atoms with E-state index in [0.717, 1.165) is 12.5 Å². The van der Waals surface area contributed by atoms with Gasteiger partial charge in [-0.05, 0) is 61.7 Å². The molecule has 43 heavy (non-hydrogen) atoms. The lowest BCUT2D eigenvalue weighted by Gasteiger charge is -2.45. The molecule has 0 spiro atoms. The molecular formula is C30H32N2O11. The summed E-state index contributed by atoms with van der Waals surface area (Å²) in [7, 11) is 0. The quantitative estimate of drug-likeness (QED) is 0.275. The van der Waals surface area contributed by atoms with Crippen molar-refractivity contribution in [2.24, 2.45) is 17.8 Å². The summed E-state index contributed by atoms with van der Waals surface area (Å²) in [5.41, 5.74) is 1.79. The van der Waals surface area contributed by atoms with Crippen LogP contribution < -0.4 is 10.3 Å². The molecule has 5 atom stereocenters. The molecule has 2 heterocycles. The number of carboxylic acid groups (broad SMARTS) is 3. The Hall–Kier alpha value is -4.78. The molecule has 228 valence electrons. The number of hydrogen-bond acceptors (Lipinski definition) is 9. The zero-order chi connectivity index (χ0) is 31.4. The topological polar surface area (TPSA) is 192 Å². The van der Waals surface area contributed by atoms with E-state index in [1.807, 2.05) is 19.1 Å². The van der Waals surface area contributed by atoms with E-state index in [-0.39, 0.29) is 17.9 Å². The highest BCUT2D eigenvalue weighted by Gasteiger charge is 2.49. The van der Waals surface area contributed by atoms with Gasteiger partial charge in [0.25, 0.3) is 5.56 Å². The summed E-state index contributed by atoms with van der Waals surface area (Å²) in [5.74, 6) is -6.75. The van der Waals surface area contributed by atoms with Crippen LogP contribution in [0.5, 0.6) is 5.75 Å². The molecule has 0 aliphatic carbocycles.